The number of nitrogens with zero attached hydrogens (tertiary/aromatic N) is 1. The first-order valence-electron chi connectivity index (χ1n) is 5.90. The quantitative estimate of drug-likeness (QED) is 0.825. The molecule has 1 heterocycles. The van der Waals surface area contributed by atoms with Crippen LogP contribution in [0.3, 0.4) is 0 Å². The number of benzene rings is 1. The smallest absolute Gasteiger partial charge is 0.241 e. The second kappa shape index (κ2) is 5.86. The van der Waals surface area contributed by atoms with Crippen molar-refractivity contribution in [1.29, 1.82) is 0 Å². The van der Waals surface area contributed by atoms with E-state index in [4.69, 9.17) is 5.73 Å². The third kappa shape index (κ3) is 3.53. The largest absolute Gasteiger partial charge is 0.399 e. The highest BCUT2D eigenvalue weighted by Crippen LogP contribution is 2.17. The van der Waals surface area contributed by atoms with Gasteiger partial charge in [-0.15, -0.1) is 11.3 Å². The van der Waals surface area contributed by atoms with E-state index in [0.717, 1.165) is 23.4 Å². The summed E-state index contributed by atoms with van der Waals surface area (Å²) in [7, 11) is -3.80. The molecule has 0 aliphatic rings. The summed E-state index contributed by atoms with van der Waals surface area (Å²) in [4.78, 5) is 5.00. The van der Waals surface area contributed by atoms with Crippen LogP contribution in [0.2, 0.25) is 0 Å². The first-order chi connectivity index (χ1) is 9.40. The minimum Gasteiger partial charge on any atom is -0.399 e. The average molecular weight is 315 g/mol. The van der Waals surface area contributed by atoms with Crippen molar-refractivity contribution in [3.8, 4) is 0 Å². The summed E-state index contributed by atoms with van der Waals surface area (Å²) in [6, 6.07) is 3.20. The molecule has 0 aliphatic carbocycles. The predicted molar refractivity (Wildman–Crippen MR) is 76.3 cm³/mol. The molecule has 1 aromatic carbocycles. The number of rotatable bonds is 5. The van der Waals surface area contributed by atoms with E-state index in [-0.39, 0.29) is 17.1 Å². The Morgan fingerprint density at radius 2 is 2.15 bits per heavy atom. The number of anilines is 1. The number of nitrogens with one attached hydrogen (secondary N) is 1. The number of aryl methyl sites for hydroxylation is 1. The molecule has 0 bridgehead atoms. The maximum atomic E-state index is 13.2. The van der Waals surface area contributed by atoms with Gasteiger partial charge in [-0.3, -0.25) is 0 Å². The molecule has 1 aromatic heterocycles. The number of nitrogens with two attached hydrogens (primary N) is 1. The van der Waals surface area contributed by atoms with Crippen molar-refractivity contribution in [2.45, 2.75) is 24.8 Å². The fourth-order valence-electron chi connectivity index (χ4n) is 1.57. The molecule has 0 aliphatic heterocycles. The number of halogens is 1. The highest BCUT2D eigenvalue weighted by molar-refractivity contribution is 7.89. The Bertz CT molecular complexity index is 693. The zero-order valence-electron chi connectivity index (χ0n) is 10.8. The number of hydrogen-bond donors (Lipinski definition) is 2. The minimum atomic E-state index is -3.80. The third-order valence-corrected chi connectivity index (χ3v) is 5.09. The van der Waals surface area contributed by atoms with Crippen molar-refractivity contribution in [2.75, 3.05) is 5.73 Å². The molecule has 5 nitrogen and oxygen atoms in total. The van der Waals surface area contributed by atoms with Gasteiger partial charge in [0.05, 0.1) is 11.4 Å². The van der Waals surface area contributed by atoms with Gasteiger partial charge in [0.1, 0.15) is 10.8 Å². The molecule has 0 saturated heterocycles. The SMILES string of the molecule is CCc1cnc(CNS(=O)(=O)c2cc(N)cc(F)c2)s1. The van der Waals surface area contributed by atoms with Gasteiger partial charge in [0.2, 0.25) is 10.0 Å². The maximum Gasteiger partial charge on any atom is 0.241 e. The maximum absolute atomic E-state index is 13.2. The van der Waals surface area contributed by atoms with Crippen LogP contribution in [0.25, 0.3) is 0 Å². The number of hydrogen-bond acceptors (Lipinski definition) is 5. The van der Waals surface area contributed by atoms with E-state index in [1.807, 2.05) is 6.92 Å². The molecule has 0 radical (unpaired) electrons. The summed E-state index contributed by atoms with van der Waals surface area (Å²) >= 11 is 1.44. The van der Waals surface area contributed by atoms with Crippen LogP contribution in [-0.4, -0.2) is 13.4 Å². The van der Waals surface area contributed by atoms with Gasteiger partial charge in [-0.05, 0) is 24.6 Å². The number of nitrogen functional groups attached to an aromatic ring is 1. The Labute approximate surface area is 120 Å². The monoisotopic (exact) mass is 315 g/mol. The molecule has 0 amide bonds. The van der Waals surface area contributed by atoms with Crippen LogP contribution in [0.1, 0.15) is 16.8 Å². The van der Waals surface area contributed by atoms with E-state index in [1.165, 1.54) is 17.4 Å². The van der Waals surface area contributed by atoms with Crippen molar-refractivity contribution >= 4 is 27.0 Å². The molecule has 0 atom stereocenters. The van der Waals surface area contributed by atoms with Crippen molar-refractivity contribution in [3.63, 3.8) is 0 Å². The fourth-order valence-corrected chi connectivity index (χ4v) is 3.52. The highest BCUT2D eigenvalue weighted by Gasteiger charge is 2.16. The molecule has 2 rings (SSSR count). The lowest BCUT2D eigenvalue weighted by molar-refractivity contribution is 0.577. The van der Waals surface area contributed by atoms with Gasteiger partial charge in [0.15, 0.2) is 0 Å². The molecule has 2 aromatic rings. The summed E-state index contributed by atoms with van der Waals surface area (Å²) in [5, 5.41) is 0.662. The van der Waals surface area contributed by atoms with Crippen molar-refractivity contribution in [2.24, 2.45) is 0 Å². The Morgan fingerprint density at radius 1 is 1.40 bits per heavy atom. The van der Waals surface area contributed by atoms with E-state index in [0.29, 0.717) is 5.01 Å². The molecular weight excluding hydrogens is 301 g/mol. The summed E-state index contributed by atoms with van der Waals surface area (Å²) in [5.41, 5.74) is 5.51. The molecule has 3 N–H and O–H groups in total. The highest BCUT2D eigenvalue weighted by atomic mass is 32.2. The Hall–Kier alpha value is -1.51. The van der Waals surface area contributed by atoms with Gasteiger partial charge < -0.3 is 5.73 Å². The van der Waals surface area contributed by atoms with Crippen LogP contribution in [0.5, 0.6) is 0 Å². The lowest BCUT2D eigenvalue weighted by Gasteiger charge is -2.06. The summed E-state index contributed by atoms with van der Waals surface area (Å²) in [5.74, 6) is -0.687. The van der Waals surface area contributed by atoms with Crippen LogP contribution in [0.4, 0.5) is 10.1 Å². The number of thiazole rings is 1. The van der Waals surface area contributed by atoms with E-state index in [2.05, 4.69) is 9.71 Å². The van der Waals surface area contributed by atoms with Crippen LogP contribution < -0.4 is 10.5 Å². The van der Waals surface area contributed by atoms with E-state index in [9.17, 15) is 12.8 Å². The standard InChI is InChI=1S/C12H14FN3O2S2/c1-2-10-6-15-12(19-10)7-16-20(17,18)11-4-8(13)3-9(14)5-11/h3-6,16H,2,7,14H2,1H3. The first kappa shape index (κ1) is 14.9. The van der Waals surface area contributed by atoms with Gasteiger partial charge in [0.25, 0.3) is 0 Å². The lowest BCUT2D eigenvalue weighted by Crippen LogP contribution is -2.23. The van der Waals surface area contributed by atoms with Gasteiger partial charge in [0, 0.05) is 16.8 Å². The molecule has 0 fully saturated rings. The van der Waals surface area contributed by atoms with Gasteiger partial charge in [-0.1, -0.05) is 6.92 Å². The lowest BCUT2D eigenvalue weighted by atomic mass is 10.3. The van der Waals surface area contributed by atoms with Crippen LogP contribution in [0, 0.1) is 5.82 Å². The summed E-state index contributed by atoms with van der Waals surface area (Å²) < 4.78 is 39.6. The van der Waals surface area contributed by atoms with Crippen LogP contribution >= 0.6 is 11.3 Å². The number of aromatic nitrogens is 1. The first-order valence-corrected chi connectivity index (χ1v) is 8.20. The van der Waals surface area contributed by atoms with E-state index < -0.39 is 15.8 Å². The zero-order chi connectivity index (χ0) is 14.8. The molecule has 0 spiro atoms. The Balaban J connectivity index is 2.14. The third-order valence-electron chi connectivity index (χ3n) is 2.57. The molecule has 0 saturated carbocycles. The normalized spacial score (nSPS) is 11.7. The molecule has 20 heavy (non-hydrogen) atoms. The van der Waals surface area contributed by atoms with Gasteiger partial charge >= 0.3 is 0 Å². The molecule has 8 heteroatoms. The topological polar surface area (TPSA) is 85.1 Å². The molecule has 108 valence electrons. The number of sulfonamides is 1. The van der Waals surface area contributed by atoms with Gasteiger partial charge in [-0.2, -0.15) is 0 Å². The van der Waals surface area contributed by atoms with Crippen molar-refractivity contribution < 1.29 is 12.8 Å². The zero-order valence-corrected chi connectivity index (χ0v) is 12.4. The Morgan fingerprint density at radius 3 is 2.75 bits per heavy atom. The van der Waals surface area contributed by atoms with Crippen molar-refractivity contribution in [3.05, 3.63) is 40.1 Å². The minimum absolute atomic E-state index is 0.0629. The van der Waals surface area contributed by atoms with Crippen LogP contribution in [0.15, 0.2) is 29.3 Å². The van der Waals surface area contributed by atoms with Crippen LogP contribution in [-0.2, 0) is 23.0 Å². The second-order valence-corrected chi connectivity index (χ2v) is 7.09. The second-order valence-electron chi connectivity index (χ2n) is 4.12. The fraction of sp³-hybridized carbons (Fsp3) is 0.250. The van der Waals surface area contributed by atoms with E-state index >= 15 is 0 Å². The molecular formula is C12H14FN3O2S2. The summed E-state index contributed by atoms with van der Waals surface area (Å²) in [6.07, 6.45) is 2.57. The summed E-state index contributed by atoms with van der Waals surface area (Å²) in [6.45, 7) is 2.07. The van der Waals surface area contributed by atoms with Gasteiger partial charge in [-0.25, -0.2) is 22.5 Å². The average Bonchev–Trinajstić information content (AvgIpc) is 2.83. The predicted octanol–water partition coefficient (Wildman–Crippen LogP) is 1.91. The molecule has 0 unspecified atom stereocenters. The van der Waals surface area contributed by atoms with Crippen molar-refractivity contribution in [1.82, 2.24) is 9.71 Å². The Kier molecular flexibility index (Phi) is 4.36. The van der Waals surface area contributed by atoms with E-state index in [1.54, 1.807) is 6.20 Å².